The summed E-state index contributed by atoms with van der Waals surface area (Å²) in [5.74, 6) is 1.52. The van der Waals surface area contributed by atoms with Crippen molar-refractivity contribution >= 4 is 0 Å². The average molecular weight is 222 g/mol. The Labute approximate surface area is 96.6 Å². The molecule has 1 aromatic carbocycles. The van der Waals surface area contributed by atoms with Gasteiger partial charge in [-0.3, -0.25) is 0 Å². The molecule has 16 heavy (non-hydrogen) atoms. The van der Waals surface area contributed by atoms with Gasteiger partial charge in [-0.25, -0.2) is 4.39 Å². The molecule has 1 heterocycles. The summed E-state index contributed by atoms with van der Waals surface area (Å²) < 4.78 is 19.2. The predicted molar refractivity (Wildman–Crippen MR) is 63.4 cm³/mol. The van der Waals surface area contributed by atoms with Gasteiger partial charge in [0.15, 0.2) is 0 Å². The van der Waals surface area contributed by atoms with Crippen molar-refractivity contribution in [1.82, 2.24) is 0 Å². The molecule has 0 radical (unpaired) electrons. The number of hydrogen-bond acceptors (Lipinski definition) is 1. The Hall–Kier alpha value is -1.05. The summed E-state index contributed by atoms with van der Waals surface area (Å²) in [5.41, 5.74) is 1.99. The van der Waals surface area contributed by atoms with Crippen molar-refractivity contribution in [1.29, 1.82) is 0 Å². The van der Waals surface area contributed by atoms with Gasteiger partial charge >= 0.3 is 0 Å². The van der Waals surface area contributed by atoms with E-state index in [0.717, 1.165) is 42.6 Å². The topological polar surface area (TPSA) is 9.23 Å². The Morgan fingerprint density at radius 2 is 2.19 bits per heavy atom. The van der Waals surface area contributed by atoms with Crippen LogP contribution in [0.25, 0.3) is 0 Å². The summed E-state index contributed by atoms with van der Waals surface area (Å²) in [6, 6.07) is 3.29. The first kappa shape index (κ1) is 11.4. The highest BCUT2D eigenvalue weighted by Crippen LogP contribution is 2.31. The highest BCUT2D eigenvalue weighted by molar-refractivity contribution is 5.43. The molecule has 0 spiro atoms. The lowest BCUT2D eigenvalue weighted by Gasteiger charge is -2.09. The molecule has 1 nitrogen and oxygen atoms in total. The standard InChI is InChI=1S/C14H19FO/c1-10(2)4-3-5-11-12-8-9-16-14(12)7-6-13(11)15/h6-7,10H,3-5,8-9H2,1-2H3. The van der Waals surface area contributed by atoms with E-state index in [1.807, 2.05) is 0 Å². The molecule has 0 N–H and O–H groups in total. The van der Waals surface area contributed by atoms with Gasteiger partial charge in [-0.2, -0.15) is 0 Å². The fourth-order valence-electron chi connectivity index (χ4n) is 2.27. The van der Waals surface area contributed by atoms with Crippen LogP contribution in [0.5, 0.6) is 5.75 Å². The Bertz CT molecular complexity index is 371. The molecule has 0 aromatic heterocycles. The van der Waals surface area contributed by atoms with Crippen LogP contribution in [0, 0.1) is 11.7 Å². The van der Waals surface area contributed by atoms with Crippen LogP contribution in [-0.4, -0.2) is 6.61 Å². The smallest absolute Gasteiger partial charge is 0.126 e. The molecular formula is C14H19FO. The van der Waals surface area contributed by atoms with Crippen LogP contribution < -0.4 is 4.74 Å². The quantitative estimate of drug-likeness (QED) is 0.754. The first-order valence-electron chi connectivity index (χ1n) is 6.11. The van der Waals surface area contributed by atoms with Crippen LogP contribution in [0.2, 0.25) is 0 Å². The molecule has 88 valence electrons. The van der Waals surface area contributed by atoms with E-state index in [0.29, 0.717) is 12.5 Å². The lowest BCUT2D eigenvalue weighted by Crippen LogP contribution is -1.98. The van der Waals surface area contributed by atoms with Crippen molar-refractivity contribution in [2.45, 2.75) is 39.5 Å². The number of rotatable bonds is 4. The first-order valence-corrected chi connectivity index (χ1v) is 6.11. The molecule has 0 unspecified atom stereocenters. The lowest BCUT2D eigenvalue weighted by molar-refractivity contribution is 0.356. The van der Waals surface area contributed by atoms with Gasteiger partial charge in [0, 0.05) is 12.0 Å². The summed E-state index contributed by atoms with van der Waals surface area (Å²) >= 11 is 0. The highest BCUT2D eigenvalue weighted by atomic mass is 19.1. The van der Waals surface area contributed by atoms with Gasteiger partial charge in [-0.15, -0.1) is 0 Å². The first-order chi connectivity index (χ1) is 7.68. The van der Waals surface area contributed by atoms with E-state index in [1.54, 1.807) is 6.07 Å². The second-order valence-corrected chi connectivity index (χ2v) is 4.89. The van der Waals surface area contributed by atoms with Crippen LogP contribution >= 0.6 is 0 Å². The zero-order valence-electron chi connectivity index (χ0n) is 10.1. The second-order valence-electron chi connectivity index (χ2n) is 4.89. The number of fused-ring (bicyclic) bond motifs is 1. The molecule has 1 aromatic rings. The zero-order valence-corrected chi connectivity index (χ0v) is 10.1. The van der Waals surface area contributed by atoms with Crippen LogP contribution in [0.1, 0.15) is 37.8 Å². The number of ether oxygens (including phenoxy) is 1. The molecule has 1 aliphatic heterocycles. The minimum absolute atomic E-state index is 0.0620. The summed E-state index contributed by atoms with van der Waals surface area (Å²) in [5, 5.41) is 0. The second kappa shape index (κ2) is 4.86. The van der Waals surface area contributed by atoms with E-state index in [4.69, 9.17) is 4.74 Å². The zero-order chi connectivity index (χ0) is 11.5. The van der Waals surface area contributed by atoms with Gasteiger partial charge in [0.05, 0.1) is 6.61 Å². The van der Waals surface area contributed by atoms with Gasteiger partial charge in [0.2, 0.25) is 0 Å². The minimum atomic E-state index is -0.0620. The van der Waals surface area contributed by atoms with E-state index < -0.39 is 0 Å². The Morgan fingerprint density at radius 1 is 1.38 bits per heavy atom. The Kier molecular flexibility index (Phi) is 3.47. The van der Waals surface area contributed by atoms with Crippen LogP contribution in [0.3, 0.4) is 0 Å². The van der Waals surface area contributed by atoms with E-state index in [1.165, 1.54) is 6.07 Å². The largest absolute Gasteiger partial charge is 0.493 e. The fraction of sp³-hybridized carbons (Fsp3) is 0.571. The van der Waals surface area contributed by atoms with E-state index in [2.05, 4.69) is 13.8 Å². The fourth-order valence-corrected chi connectivity index (χ4v) is 2.27. The maximum Gasteiger partial charge on any atom is 0.126 e. The Morgan fingerprint density at radius 3 is 2.94 bits per heavy atom. The molecule has 2 heteroatoms. The molecule has 0 atom stereocenters. The molecule has 0 aliphatic carbocycles. The maximum atomic E-state index is 13.7. The van der Waals surface area contributed by atoms with E-state index in [9.17, 15) is 4.39 Å². The van der Waals surface area contributed by atoms with Crippen molar-refractivity contribution in [3.8, 4) is 5.75 Å². The highest BCUT2D eigenvalue weighted by Gasteiger charge is 2.18. The van der Waals surface area contributed by atoms with Crippen molar-refractivity contribution < 1.29 is 9.13 Å². The van der Waals surface area contributed by atoms with Gasteiger partial charge < -0.3 is 4.74 Å². The van der Waals surface area contributed by atoms with Crippen molar-refractivity contribution in [3.05, 3.63) is 29.1 Å². The van der Waals surface area contributed by atoms with E-state index in [-0.39, 0.29) is 5.82 Å². The van der Waals surface area contributed by atoms with Crippen molar-refractivity contribution in [2.24, 2.45) is 5.92 Å². The average Bonchev–Trinajstić information content (AvgIpc) is 2.69. The maximum absolute atomic E-state index is 13.7. The predicted octanol–water partition coefficient (Wildman–Crippen LogP) is 3.74. The molecule has 0 saturated carbocycles. The molecule has 0 fully saturated rings. The van der Waals surface area contributed by atoms with Crippen LogP contribution in [-0.2, 0) is 12.8 Å². The third-order valence-corrected chi connectivity index (χ3v) is 3.15. The number of benzene rings is 1. The molecule has 0 bridgehead atoms. The van der Waals surface area contributed by atoms with Gasteiger partial charge in [-0.05, 0) is 36.5 Å². The minimum Gasteiger partial charge on any atom is -0.493 e. The monoisotopic (exact) mass is 222 g/mol. The lowest BCUT2D eigenvalue weighted by atomic mass is 9.97. The summed E-state index contributed by atoms with van der Waals surface area (Å²) in [7, 11) is 0. The molecule has 0 amide bonds. The molecule has 2 rings (SSSR count). The molecule has 0 saturated heterocycles. The van der Waals surface area contributed by atoms with Crippen LogP contribution in [0.4, 0.5) is 4.39 Å². The molecular weight excluding hydrogens is 203 g/mol. The molecule has 1 aliphatic rings. The Balaban J connectivity index is 2.11. The normalized spacial score (nSPS) is 14.0. The third-order valence-electron chi connectivity index (χ3n) is 3.15. The summed E-state index contributed by atoms with van der Waals surface area (Å²) in [4.78, 5) is 0. The van der Waals surface area contributed by atoms with Gasteiger partial charge in [0.1, 0.15) is 11.6 Å². The van der Waals surface area contributed by atoms with Crippen molar-refractivity contribution in [2.75, 3.05) is 6.61 Å². The number of hydrogen-bond donors (Lipinski definition) is 0. The van der Waals surface area contributed by atoms with Gasteiger partial charge in [0.25, 0.3) is 0 Å². The van der Waals surface area contributed by atoms with E-state index >= 15 is 0 Å². The third kappa shape index (κ3) is 2.37. The van der Waals surface area contributed by atoms with Gasteiger partial charge in [-0.1, -0.05) is 20.3 Å². The van der Waals surface area contributed by atoms with Crippen LogP contribution in [0.15, 0.2) is 12.1 Å². The number of halogens is 1. The summed E-state index contributed by atoms with van der Waals surface area (Å²) in [6.07, 6.45) is 3.93. The SMILES string of the molecule is CC(C)CCCc1c(F)ccc2c1CCO2. The summed E-state index contributed by atoms with van der Waals surface area (Å²) in [6.45, 7) is 5.11. The van der Waals surface area contributed by atoms with Crippen molar-refractivity contribution in [3.63, 3.8) is 0 Å².